The molecule has 0 bridgehead atoms. The van der Waals surface area contributed by atoms with Crippen molar-refractivity contribution in [3.05, 3.63) is 53.6 Å². The molecule has 0 heterocycles. The Morgan fingerprint density at radius 3 is 2.33 bits per heavy atom. The zero-order valence-electron chi connectivity index (χ0n) is 14.6. The highest BCUT2D eigenvalue weighted by Gasteiger charge is 2.18. The largest absolute Gasteiger partial charge is 0.493 e. The second kappa shape index (κ2) is 7.23. The van der Waals surface area contributed by atoms with Crippen LogP contribution >= 0.6 is 0 Å². The molecule has 0 radical (unpaired) electrons. The minimum absolute atomic E-state index is 0.339. The van der Waals surface area contributed by atoms with Gasteiger partial charge in [0.25, 0.3) is 0 Å². The number of benzene rings is 2. The van der Waals surface area contributed by atoms with Crippen LogP contribution in [0.5, 0.6) is 5.75 Å². The molecule has 0 N–H and O–H groups in total. The average Bonchev–Trinajstić information content (AvgIpc) is 2.53. The van der Waals surface area contributed by atoms with E-state index in [1.165, 1.54) is 0 Å². The molecule has 124 valence electrons. The molecule has 3 heteroatoms. The second-order valence-electron chi connectivity index (χ2n) is 6.34. The molecule has 0 saturated carbocycles. The zero-order valence-corrected chi connectivity index (χ0v) is 14.6. The number of hydrogen-bond acceptors (Lipinski definition) is 3. The van der Waals surface area contributed by atoms with Crippen molar-refractivity contribution in [3.8, 4) is 29.2 Å². The van der Waals surface area contributed by atoms with E-state index in [0.717, 1.165) is 11.1 Å². The third kappa shape index (κ3) is 4.17. The summed E-state index contributed by atoms with van der Waals surface area (Å²) in [5.41, 5.74) is 2.54. The van der Waals surface area contributed by atoms with Crippen molar-refractivity contribution >= 4 is 5.97 Å². The summed E-state index contributed by atoms with van der Waals surface area (Å²) in [7, 11) is 0. The van der Waals surface area contributed by atoms with Crippen molar-refractivity contribution in [1.29, 1.82) is 0 Å². The summed E-state index contributed by atoms with van der Waals surface area (Å²) >= 11 is 0. The average molecular weight is 322 g/mol. The van der Waals surface area contributed by atoms with Crippen LogP contribution in [0, 0.1) is 12.3 Å². The fourth-order valence-corrected chi connectivity index (χ4v) is 2.32. The van der Waals surface area contributed by atoms with E-state index in [9.17, 15) is 4.79 Å². The van der Waals surface area contributed by atoms with Crippen molar-refractivity contribution in [3.63, 3.8) is 0 Å². The highest BCUT2D eigenvalue weighted by Crippen LogP contribution is 2.30. The van der Waals surface area contributed by atoms with E-state index in [4.69, 9.17) is 15.9 Å². The number of esters is 1. The lowest BCUT2D eigenvalue weighted by molar-refractivity contribution is 0.00696. The van der Waals surface area contributed by atoms with Gasteiger partial charge in [-0.15, -0.1) is 6.42 Å². The van der Waals surface area contributed by atoms with Crippen LogP contribution in [0.3, 0.4) is 0 Å². The summed E-state index contributed by atoms with van der Waals surface area (Å²) in [4.78, 5) is 12.1. The monoisotopic (exact) mass is 322 g/mol. The number of ether oxygens (including phenoxy) is 2. The Bertz CT molecular complexity index is 759. The Morgan fingerprint density at radius 2 is 1.79 bits per heavy atom. The van der Waals surface area contributed by atoms with E-state index in [2.05, 4.69) is 5.92 Å². The lowest BCUT2D eigenvalue weighted by Gasteiger charge is -2.19. The summed E-state index contributed by atoms with van der Waals surface area (Å²) in [6.07, 6.45) is 5.66. The molecule has 0 fully saturated rings. The van der Waals surface area contributed by atoms with E-state index >= 15 is 0 Å². The minimum atomic E-state index is -0.516. The zero-order chi connectivity index (χ0) is 17.7. The molecule has 0 aliphatic heterocycles. The minimum Gasteiger partial charge on any atom is -0.493 e. The van der Waals surface area contributed by atoms with E-state index < -0.39 is 5.60 Å². The van der Waals surface area contributed by atoms with E-state index in [0.29, 0.717) is 23.5 Å². The number of carbonyl (C=O) groups is 1. The Labute approximate surface area is 143 Å². The van der Waals surface area contributed by atoms with E-state index in [-0.39, 0.29) is 5.97 Å². The van der Waals surface area contributed by atoms with Crippen molar-refractivity contribution in [1.82, 2.24) is 0 Å². The first-order chi connectivity index (χ1) is 11.4. The molecular weight excluding hydrogens is 300 g/mol. The van der Waals surface area contributed by atoms with Crippen LogP contribution < -0.4 is 4.74 Å². The maximum absolute atomic E-state index is 12.1. The Hall–Kier alpha value is -2.73. The van der Waals surface area contributed by atoms with Gasteiger partial charge in [0.15, 0.2) is 0 Å². The van der Waals surface area contributed by atoms with Gasteiger partial charge in [-0.05, 0) is 51.5 Å². The summed E-state index contributed by atoms with van der Waals surface area (Å²) < 4.78 is 11.0. The molecule has 0 amide bonds. The first kappa shape index (κ1) is 17.6. The normalized spacial score (nSPS) is 10.8. The van der Waals surface area contributed by atoms with Gasteiger partial charge in [-0.25, -0.2) is 4.79 Å². The summed E-state index contributed by atoms with van der Waals surface area (Å²) in [6, 6.07) is 12.9. The maximum atomic E-state index is 12.1. The Morgan fingerprint density at radius 1 is 1.12 bits per heavy atom. The molecule has 2 aromatic rings. The smallest absolute Gasteiger partial charge is 0.338 e. The van der Waals surface area contributed by atoms with Gasteiger partial charge < -0.3 is 9.47 Å². The Balaban J connectivity index is 2.34. The van der Waals surface area contributed by atoms with Gasteiger partial charge in [-0.1, -0.05) is 30.2 Å². The van der Waals surface area contributed by atoms with Crippen LogP contribution in [0.2, 0.25) is 0 Å². The molecular formula is C21H22O3. The first-order valence-corrected chi connectivity index (χ1v) is 7.92. The molecule has 3 nitrogen and oxygen atoms in total. The summed E-state index contributed by atoms with van der Waals surface area (Å²) in [5, 5.41) is 0. The van der Waals surface area contributed by atoms with Crippen LogP contribution in [-0.2, 0) is 4.74 Å². The topological polar surface area (TPSA) is 35.5 Å². The van der Waals surface area contributed by atoms with Gasteiger partial charge in [0.2, 0.25) is 0 Å². The summed E-state index contributed by atoms with van der Waals surface area (Å²) in [6.45, 7) is 8.01. The number of terminal acetylenes is 1. The number of hydrogen-bond donors (Lipinski definition) is 0. The second-order valence-corrected chi connectivity index (χ2v) is 6.34. The number of carbonyl (C=O) groups excluding carboxylic acids is 1. The lowest BCUT2D eigenvalue weighted by atomic mass is 9.98. The van der Waals surface area contributed by atoms with Crippen LogP contribution in [0.25, 0.3) is 11.1 Å². The fraction of sp³-hybridized carbons (Fsp3) is 0.286. The number of rotatable bonds is 4. The highest BCUT2D eigenvalue weighted by molar-refractivity contribution is 5.90. The van der Waals surface area contributed by atoms with E-state index in [1.54, 1.807) is 12.1 Å². The SMILES string of the molecule is C#Cc1c(OCC)cccc1-c1ccc(C(=O)OC(C)(C)C)cc1. The molecule has 24 heavy (non-hydrogen) atoms. The van der Waals surface area contributed by atoms with Crippen molar-refractivity contribution in [2.75, 3.05) is 6.61 Å². The molecule has 0 spiro atoms. The lowest BCUT2D eigenvalue weighted by Crippen LogP contribution is -2.23. The molecule has 2 aromatic carbocycles. The first-order valence-electron chi connectivity index (χ1n) is 7.92. The molecule has 0 aliphatic carbocycles. The third-order valence-corrected chi connectivity index (χ3v) is 3.30. The van der Waals surface area contributed by atoms with Crippen molar-refractivity contribution in [2.45, 2.75) is 33.3 Å². The van der Waals surface area contributed by atoms with Gasteiger partial charge in [0.1, 0.15) is 11.4 Å². The Kier molecular flexibility index (Phi) is 5.31. The maximum Gasteiger partial charge on any atom is 0.338 e. The van der Waals surface area contributed by atoms with Gasteiger partial charge in [-0.2, -0.15) is 0 Å². The van der Waals surface area contributed by atoms with Gasteiger partial charge >= 0.3 is 5.97 Å². The predicted octanol–water partition coefficient (Wildman–Crippen LogP) is 4.69. The molecule has 0 saturated heterocycles. The van der Waals surface area contributed by atoms with Crippen LogP contribution in [0.4, 0.5) is 0 Å². The van der Waals surface area contributed by atoms with Gasteiger partial charge in [0.05, 0.1) is 17.7 Å². The van der Waals surface area contributed by atoms with Gasteiger partial charge in [0, 0.05) is 5.56 Å². The van der Waals surface area contributed by atoms with Crippen LogP contribution in [0.15, 0.2) is 42.5 Å². The van der Waals surface area contributed by atoms with Crippen LogP contribution in [0.1, 0.15) is 43.6 Å². The predicted molar refractivity (Wildman–Crippen MR) is 96.2 cm³/mol. The molecule has 0 atom stereocenters. The molecule has 0 unspecified atom stereocenters. The molecule has 0 aliphatic rings. The van der Waals surface area contributed by atoms with Gasteiger partial charge in [-0.3, -0.25) is 0 Å². The standard InChI is InChI=1S/C21H22O3/c1-6-17-18(9-8-10-19(17)23-7-2)15-11-13-16(14-12-15)20(22)24-21(3,4)5/h1,8-14H,7H2,2-5H3. The highest BCUT2D eigenvalue weighted by atomic mass is 16.6. The van der Waals surface area contributed by atoms with E-state index in [1.807, 2.05) is 58.0 Å². The molecule has 0 aromatic heterocycles. The molecule has 2 rings (SSSR count). The van der Waals surface area contributed by atoms with Crippen molar-refractivity contribution in [2.24, 2.45) is 0 Å². The third-order valence-electron chi connectivity index (χ3n) is 3.30. The summed E-state index contributed by atoms with van der Waals surface area (Å²) in [5.74, 6) is 3.05. The fourth-order valence-electron chi connectivity index (χ4n) is 2.32. The van der Waals surface area contributed by atoms with Crippen molar-refractivity contribution < 1.29 is 14.3 Å². The quantitative estimate of drug-likeness (QED) is 0.605. The van der Waals surface area contributed by atoms with Crippen LogP contribution in [-0.4, -0.2) is 18.2 Å².